The van der Waals surface area contributed by atoms with Gasteiger partial charge < -0.3 is 10.2 Å². The summed E-state index contributed by atoms with van der Waals surface area (Å²) < 4.78 is 0. The van der Waals surface area contributed by atoms with Crippen LogP contribution >= 0.6 is 24.2 Å². The quantitative estimate of drug-likeness (QED) is 0.763. The molecule has 0 aromatic heterocycles. The second kappa shape index (κ2) is 9.12. The number of carbonyl (C=O) groups is 1. The average molecular weight is 369 g/mol. The molecule has 1 aliphatic heterocycles. The van der Waals surface area contributed by atoms with Crippen molar-refractivity contribution in [1.29, 1.82) is 0 Å². The van der Waals surface area contributed by atoms with Crippen LogP contribution in [0.5, 0.6) is 0 Å². The first-order chi connectivity index (χ1) is 11.1. The van der Waals surface area contributed by atoms with E-state index in [1.165, 1.54) is 19.4 Å². The number of likely N-dealkylation sites (tertiary alicyclic amines) is 1. The fourth-order valence-corrected chi connectivity index (χ4v) is 4.06. The van der Waals surface area contributed by atoms with Crippen LogP contribution in [0.1, 0.15) is 49.9 Å². The molecule has 1 amide bonds. The van der Waals surface area contributed by atoms with Crippen molar-refractivity contribution in [2.45, 2.75) is 55.7 Å². The summed E-state index contributed by atoms with van der Waals surface area (Å²) in [7, 11) is 0. The van der Waals surface area contributed by atoms with Crippen LogP contribution in [0.3, 0.4) is 0 Å². The van der Waals surface area contributed by atoms with Gasteiger partial charge in [0.1, 0.15) is 0 Å². The van der Waals surface area contributed by atoms with E-state index in [2.05, 4.69) is 25.2 Å². The van der Waals surface area contributed by atoms with Gasteiger partial charge in [-0.05, 0) is 50.3 Å². The third kappa shape index (κ3) is 5.40. The second-order valence-corrected chi connectivity index (χ2v) is 8.70. The van der Waals surface area contributed by atoms with E-state index in [0.717, 1.165) is 42.3 Å². The molecule has 1 saturated heterocycles. The number of nitrogens with zero attached hydrogens (tertiary/aromatic N) is 1. The van der Waals surface area contributed by atoms with Crippen LogP contribution in [0.2, 0.25) is 0 Å². The third-order valence-electron chi connectivity index (χ3n) is 4.65. The first kappa shape index (κ1) is 19.6. The van der Waals surface area contributed by atoms with Gasteiger partial charge in [-0.2, -0.15) is 0 Å². The van der Waals surface area contributed by atoms with E-state index in [9.17, 15) is 4.79 Å². The minimum Gasteiger partial charge on any atom is -0.338 e. The van der Waals surface area contributed by atoms with Crippen molar-refractivity contribution in [1.82, 2.24) is 10.2 Å². The van der Waals surface area contributed by atoms with E-state index >= 15 is 0 Å². The van der Waals surface area contributed by atoms with Crippen molar-refractivity contribution in [2.24, 2.45) is 5.92 Å². The first-order valence-corrected chi connectivity index (χ1v) is 9.80. The SMILES string of the molecule is CC(C)Sc1ccccc1C(=O)N1CCC(NCC2CC2)CC1.Cl. The van der Waals surface area contributed by atoms with Crippen molar-refractivity contribution in [3.63, 3.8) is 0 Å². The van der Waals surface area contributed by atoms with Gasteiger partial charge in [-0.15, -0.1) is 24.2 Å². The fourth-order valence-electron chi connectivity index (χ4n) is 3.11. The summed E-state index contributed by atoms with van der Waals surface area (Å²) in [6, 6.07) is 8.64. The summed E-state index contributed by atoms with van der Waals surface area (Å²) in [5.41, 5.74) is 0.871. The Morgan fingerprint density at radius 2 is 1.88 bits per heavy atom. The minimum atomic E-state index is 0. The molecule has 0 bridgehead atoms. The molecule has 1 N–H and O–H groups in total. The summed E-state index contributed by atoms with van der Waals surface area (Å²) in [5, 5.41) is 4.17. The number of halogens is 1. The predicted molar refractivity (Wildman–Crippen MR) is 104 cm³/mol. The summed E-state index contributed by atoms with van der Waals surface area (Å²) in [5.74, 6) is 1.13. The van der Waals surface area contributed by atoms with E-state index < -0.39 is 0 Å². The normalized spacial score (nSPS) is 18.5. The molecule has 134 valence electrons. The maximum atomic E-state index is 12.9. The molecule has 5 heteroatoms. The van der Waals surface area contributed by atoms with Gasteiger partial charge in [0.25, 0.3) is 5.91 Å². The molecule has 0 atom stereocenters. The van der Waals surface area contributed by atoms with Gasteiger partial charge in [-0.3, -0.25) is 4.79 Å². The van der Waals surface area contributed by atoms with Crippen molar-refractivity contribution < 1.29 is 4.79 Å². The third-order valence-corrected chi connectivity index (χ3v) is 5.74. The van der Waals surface area contributed by atoms with E-state index in [1.807, 2.05) is 23.1 Å². The number of benzene rings is 1. The van der Waals surface area contributed by atoms with Gasteiger partial charge in [-0.1, -0.05) is 26.0 Å². The van der Waals surface area contributed by atoms with Crippen LogP contribution in [-0.2, 0) is 0 Å². The highest BCUT2D eigenvalue weighted by Crippen LogP contribution is 2.29. The molecular weight excluding hydrogens is 340 g/mol. The number of rotatable bonds is 6. The number of piperidine rings is 1. The molecule has 1 heterocycles. The van der Waals surface area contributed by atoms with Crippen LogP contribution < -0.4 is 5.32 Å². The maximum Gasteiger partial charge on any atom is 0.254 e. The lowest BCUT2D eigenvalue weighted by Crippen LogP contribution is -2.45. The molecule has 1 aromatic carbocycles. The zero-order valence-corrected chi connectivity index (χ0v) is 16.3. The van der Waals surface area contributed by atoms with E-state index in [0.29, 0.717) is 11.3 Å². The van der Waals surface area contributed by atoms with E-state index in [4.69, 9.17) is 0 Å². The maximum absolute atomic E-state index is 12.9. The minimum absolute atomic E-state index is 0. The number of carbonyl (C=O) groups excluding carboxylic acids is 1. The monoisotopic (exact) mass is 368 g/mol. The van der Waals surface area contributed by atoms with Crippen molar-refractivity contribution in [3.05, 3.63) is 29.8 Å². The molecular formula is C19H29ClN2OS. The Balaban J connectivity index is 0.00000208. The number of hydrogen-bond donors (Lipinski definition) is 1. The summed E-state index contributed by atoms with van der Waals surface area (Å²) in [6.45, 7) is 7.27. The summed E-state index contributed by atoms with van der Waals surface area (Å²) in [4.78, 5) is 16.0. The smallest absolute Gasteiger partial charge is 0.254 e. The number of thioether (sulfide) groups is 1. The van der Waals surface area contributed by atoms with Crippen molar-refractivity contribution >= 4 is 30.1 Å². The molecule has 0 spiro atoms. The van der Waals surface area contributed by atoms with E-state index in [-0.39, 0.29) is 18.3 Å². The highest BCUT2D eigenvalue weighted by Gasteiger charge is 2.27. The number of hydrogen-bond acceptors (Lipinski definition) is 3. The zero-order chi connectivity index (χ0) is 16.2. The Bertz CT molecular complexity index is 540. The lowest BCUT2D eigenvalue weighted by molar-refractivity contribution is 0.0701. The largest absolute Gasteiger partial charge is 0.338 e. The lowest BCUT2D eigenvalue weighted by atomic mass is 10.0. The van der Waals surface area contributed by atoms with Crippen LogP contribution in [0.15, 0.2) is 29.2 Å². The number of nitrogens with one attached hydrogen (secondary N) is 1. The highest BCUT2D eigenvalue weighted by atomic mass is 35.5. The molecule has 2 fully saturated rings. The van der Waals surface area contributed by atoms with Crippen LogP contribution in [0.4, 0.5) is 0 Å². The van der Waals surface area contributed by atoms with Crippen molar-refractivity contribution in [3.8, 4) is 0 Å². The van der Waals surface area contributed by atoms with Gasteiger partial charge in [-0.25, -0.2) is 0 Å². The van der Waals surface area contributed by atoms with Gasteiger partial charge in [0.05, 0.1) is 5.56 Å². The van der Waals surface area contributed by atoms with Gasteiger partial charge in [0.15, 0.2) is 0 Å². The Kier molecular flexibility index (Phi) is 7.45. The van der Waals surface area contributed by atoms with Crippen LogP contribution in [0, 0.1) is 5.92 Å². The molecule has 0 unspecified atom stereocenters. The Morgan fingerprint density at radius 1 is 1.21 bits per heavy atom. The van der Waals surface area contributed by atoms with Crippen molar-refractivity contribution in [2.75, 3.05) is 19.6 Å². The van der Waals surface area contributed by atoms with Crippen LogP contribution in [-0.4, -0.2) is 41.7 Å². The fraction of sp³-hybridized carbons (Fsp3) is 0.632. The van der Waals surface area contributed by atoms with Crippen LogP contribution in [0.25, 0.3) is 0 Å². The van der Waals surface area contributed by atoms with Gasteiger partial charge in [0, 0.05) is 29.3 Å². The zero-order valence-electron chi connectivity index (χ0n) is 14.7. The number of amides is 1. The summed E-state index contributed by atoms with van der Waals surface area (Å²) >= 11 is 1.78. The molecule has 24 heavy (non-hydrogen) atoms. The molecule has 3 nitrogen and oxygen atoms in total. The predicted octanol–water partition coefficient (Wildman–Crippen LogP) is 4.21. The lowest BCUT2D eigenvalue weighted by Gasteiger charge is -2.33. The molecule has 1 saturated carbocycles. The summed E-state index contributed by atoms with van der Waals surface area (Å²) in [6.07, 6.45) is 4.96. The molecule has 1 aromatic rings. The highest BCUT2D eigenvalue weighted by molar-refractivity contribution is 8.00. The topological polar surface area (TPSA) is 32.3 Å². The Labute approximate surface area is 156 Å². The molecule has 2 aliphatic rings. The molecule has 0 radical (unpaired) electrons. The second-order valence-electron chi connectivity index (χ2n) is 7.08. The Morgan fingerprint density at radius 3 is 2.50 bits per heavy atom. The molecule has 1 aliphatic carbocycles. The first-order valence-electron chi connectivity index (χ1n) is 8.92. The van der Waals surface area contributed by atoms with Gasteiger partial charge >= 0.3 is 0 Å². The standard InChI is InChI=1S/C19H28N2OS.ClH/c1-14(2)23-18-6-4-3-5-17(18)19(22)21-11-9-16(10-12-21)20-13-15-7-8-15;/h3-6,14-16,20H,7-13H2,1-2H3;1H. The van der Waals surface area contributed by atoms with Gasteiger partial charge in [0.2, 0.25) is 0 Å². The average Bonchev–Trinajstić information content (AvgIpc) is 3.37. The molecule has 3 rings (SSSR count). The van der Waals surface area contributed by atoms with E-state index in [1.54, 1.807) is 11.8 Å². The Hall–Kier alpha value is -0.710.